The molecule has 0 radical (unpaired) electrons. The van der Waals surface area contributed by atoms with E-state index in [1.54, 1.807) is 6.92 Å². The quantitative estimate of drug-likeness (QED) is 0.732. The van der Waals surface area contributed by atoms with Gasteiger partial charge in [-0.15, -0.1) is 0 Å². The Morgan fingerprint density at radius 1 is 1.50 bits per heavy atom. The maximum Gasteiger partial charge on any atom is 0.309 e. The number of aliphatic hydroxyl groups is 1. The highest BCUT2D eigenvalue weighted by atomic mass is 19.1. The number of aliphatic hydroxyl groups excluding tert-OH is 1. The number of hydrogen-bond donors (Lipinski definition) is 3. The molecule has 0 aliphatic heterocycles. The predicted molar refractivity (Wildman–Crippen MR) is 54.4 cm³/mol. The summed E-state index contributed by atoms with van der Waals surface area (Å²) in [5.41, 5.74) is 0.143. The Balaban J connectivity index is 2.99. The molecular formula is C11H13FO4. The molecule has 88 valence electrons. The van der Waals surface area contributed by atoms with Crippen molar-refractivity contribution >= 4 is 5.97 Å². The number of carbonyl (C=O) groups is 1. The van der Waals surface area contributed by atoms with E-state index in [1.807, 2.05) is 0 Å². The van der Waals surface area contributed by atoms with Gasteiger partial charge in [-0.2, -0.15) is 0 Å². The average molecular weight is 228 g/mol. The number of hydrogen-bond acceptors (Lipinski definition) is 3. The Morgan fingerprint density at radius 2 is 2.12 bits per heavy atom. The van der Waals surface area contributed by atoms with Crippen molar-refractivity contribution in [2.45, 2.75) is 19.4 Å². The van der Waals surface area contributed by atoms with E-state index in [1.165, 1.54) is 6.07 Å². The second-order valence-corrected chi connectivity index (χ2v) is 3.51. The van der Waals surface area contributed by atoms with Gasteiger partial charge in [-0.05, 0) is 24.1 Å². The summed E-state index contributed by atoms with van der Waals surface area (Å²) in [5, 5.41) is 27.5. The third-order valence-electron chi connectivity index (χ3n) is 2.45. The van der Waals surface area contributed by atoms with Crippen molar-refractivity contribution in [3.63, 3.8) is 0 Å². The summed E-state index contributed by atoms with van der Waals surface area (Å²) < 4.78 is 13.0. The topological polar surface area (TPSA) is 77.8 Å². The maximum atomic E-state index is 13.0. The molecule has 16 heavy (non-hydrogen) atoms. The number of aliphatic carboxylic acids is 1. The SMILES string of the molecule is CCC(C(=O)O)C(O)c1ccc(O)c(F)c1. The molecule has 2 unspecified atom stereocenters. The molecule has 4 nitrogen and oxygen atoms in total. The van der Waals surface area contributed by atoms with Crippen LogP contribution in [0.1, 0.15) is 25.0 Å². The van der Waals surface area contributed by atoms with E-state index in [0.29, 0.717) is 0 Å². The number of rotatable bonds is 4. The first-order chi connectivity index (χ1) is 7.47. The van der Waals surface area contributed by atoms with E-state index in [2.05, 4.69) is 0 Å². The van der Waals surface area contributed by atoms with Crippen LogP contribution in [-0.2, 0) is 4.79 Å². The van der Waals surface area contributed by atoms with Crippen molar-refractivity contribution in [2.75, 3.05) is 0 Å². The molecule has 3 N–H and O–H groups in total. The van der Waals surface area contributed by atoms with Gasteiger partial charge in [-0.25, -0.2) is 4.39 Å². The van der Waals surface area contributed by atoms with Crippen LogP contribution in [0.2, 0.25) is 0 Å². The molecule has 0 saturated heterocycles. The number of carboxylic acids is 1. The minimum atomic E-state index is -1.28. The smallest absolute Gasteiger partial charge is 0.309 e. The monoisotopic (exact) mass is 228 g/mol. The van der Waals surface area contributed by atoms with Gasteiger partial charge in [0.2, 0.25) is 0 Å². The van der Waals surface area contributed by atoms with Crippen LogP contribution in [0, 0.1) is 11.7 Å². The van der Waals surface area contributed by atoms with E-state index in [0.717, 1.165) is 12.1 Å². The lowest BCUT2D eigenvalue weighted by Crippen LogP contribution is -2.21. The summed E-state index contributed by atoms with van der Waals surface area (Å²) in [5.74, 6) is -3.52. The molecule has 0 saturated carbocycles. The minimum Gasteiger partial charge on any atom is -0.505 e. The largest absolute Gasteiger partial charge is 0.505 e. The number of aromatic hydroxyl groups is 1. The van der Waals surface area contributed by atoms with Crippen LogP contribution in [0.5, 0.6) is 5.75 Å². The summed E-state index contributed by atoms with van der Waals surface area (Å²) in [4.78, 5) is 10.8. The molecule has 0 aliphatic rings. The molecule has 0 amide bonds. The molecule has 0 aliphatic carbocycles. The van der Waals surface area contributed by atoms with Gasteiger partial charge in [-0.3, -0.25) is 4.79 Å². The van der Waals surface area contributed by atoms with Crippen LogP contribution in [0.3, 0.4) is 0 Å². The van der Waals surface area contributed by atoms with Crippen molar-refractivity contribution in [3.05, 3.63) is 29.6 Å². The first-order valence-electron chi connectivity index (χ1n) is 4.86. The number of halogens is 1. The zero-order valence-electron chi connectivity index (χ0n) is 8.72. The first-order valence-corrected chi connectivity index (χ1v) is 4.86. The van der Waals surface area contributed by atoms with Crippen molar-refractivity contribution in [1.29, 1.82) is 0 Å². The number of carboxylic acid groups (broad SMARTS) is 1. The van der Waals surface area contributed by atoms with Crippen LogP contribution in [0.4, 0.5) is 4.39 Å². The van der Waals surface area contributed by atoms with Gasteiger partial charge in [0.25, 0.3) is 0 Å². The van der Waals surface area contributed by atoms with Gasteiger partial charge in [-0.1, -0.05) is 13.0 Å². The Morgan fingerprint density at radius 3 is 2.56 bits per heavy atom. The van der Waals surface area contributed by atoms with Crippen LogP contribution in [0.25, 0.3) is 0 Å². The van der Waals surface area contributed by atoms with Crippen LogP contribution < -0.4 is 0 Å². The fourth-order valence-corrected chi connectivity index (χ4v) is 1.47. The molecule has 0 spiro atoms. The lowest BCUT2D eigenvalue weighted by atomic mass is 9.93. The Bertz CT molecular complexity index is 392. The minimum absolute atomic E-state index is 0.143. The number of phenols is 1. The van der Waals surface area contributed by atoms with Gasteiger partial charge >= 0.3 is 5.97 Å². The third kappa shape index (κ3) is 2.49. The number of benzene rings is 1. The van der Waals surface area contributed by atoms with Gasteiger partial charge in [0.1, 0.15) is 0 Å². The Hall–Kier alpha value is -1.62. The molecule has 0 bridgehead atoms. The second-order valence-electron chi connectivity index (χ2n) is 3.51. The zero-order valence-corrected chi connectivity index (χ0v) is 8.72. The molecule has 0 fully saturated rings. The first kappa shape index (κ1) is 12.4. The fourth-order valence-electron chi connectivity index (χ4n) is 1.47. The zero-order chi connectivity index (χ0) is 12.3. The number of phenolic OH excluding ortho intramolecular Hbond substituents is 1. The lowest BCUT2D eigenvalue weighted by molar-refractivity contribution is -0.146. The normalized spacial score (nSPS) is 14.4. The van der Waals surface area contributed by atoms with E-state index >= 15 is 0 Å². The van der Waals surface area contributed by atoms with Gasteiger partial charge in [0.15, 0.2) is 11.6 Å². The van der Waals surface area contributed by atoms with Gasteiger partial charge in [0.05, 0.1) is 12.0 Å². The third-order valence-corrected chi connectivity index (χ3v) is 2.45. The fraction of sp³-hybridized carbons (Fsp3) is 0.364. The summed E-state index contributed by atoms with van der Waals surface area (Å²) in [7, 11) is 0. The lowest BCUT2D eigenvalue weighted by Gasteiger charge is -2.17. The van der Waals surface area contributed by atoms with Gasteiger partial charge < -0.3 is 15.3 Å². The summed E-state index contributed by atoms with van der Waals surface area (Å²) in [6.45, 7) is 1.62. The van der Waals surface area contributed by atoms with Crippen molar-refractivity contribution in [3.8, 4) is 5.75 Å². The van der Waals surface area contributed by atoms with Crippen molar-refractivity contribution < 1.29 is 24.5 Å². The van der Waals surface area contributed by atoms with Crippen LogP contribution in [0.15, 0.2) is 18.2 Å². The summed E-state index contributed by atoms with van der Waals surface area (Å²) >= 11 is 0. The molecule has 1 aromatic rings. The van der Waals surface area contributed by atoms with Gasteiger partial charge in [0, 0.05) is 0 Å². The predicted octanol–water partition coefficient (Wildman–Crippen LogP) is 1.68. The highest BCUT2D eigenvalue weighted by molar-refractivity contribution is 5.71. The van der Waals surface area contributed by atoms with E-state index < -0.39 is 29.6 Å². The van der Waals surface area contributed by atoms with Crippen LogP contribution in [-0.4, -0.2) is 21.3 Å². The highest BCUT2D eigenvalue weighted by Gasteiger charge is 2.26. The van der Waals surface area contributed by atoms with E-state index in [9.17, 15) is 14.3 Å². The van der Waals surface area contributed by atoms with Crippen molar-refractivity contribution in [2.24, 2.45) is 5.92 Å². The van der Waals surface area contributed by atoms with E-state index in [4.69, 9.17) is 10.2 Å². The highest BCUT2D eigenvalue weighted by Crippen LogP contribution is 2.27. The molecule has 0 aromatic heterocycles. The average Bonchev–Trinajstić information content (AvgIpc) is 2.22. The standard InChI is InChI=1S/C11H13FO4/c1-2-7(11(15)16)10(14)6-3-4-9(13)8(12)5-6/h3-5,7,10,13-14H,2H2,1H3,(H,15,16). The molecule has 5 heteroatoms. The maximum absolute atomic E-state index is 13.0. The molecular weight excluding hydrogens is 215 g/mol. The van der Waals surface area contributed by atoms with Crippen molar-refractivity contribution in [1.82, 2.24) is 0 Å². The van der Waals surface area contributed by atoms with Crippen LogP contribution >= 0.6 is 0 Å². The molecule has 1 aromatic carbocycles. The molecule has 0 heterocycles. The Kier molecular flexibility index (Phi) is 3.84. The van der Waals surface area contributed by atoms with E-state index in [-0.39, 0.29) is 12.0 Å². The summed E-state index contributed by atoms with van der Waals surface area (Å²) in [6.07, 6.45) is -1.04. The second kappa shape index (κ2) is 4.94. The summed E-state index contributed by atoms with van der Waals surface area (Å²) in [6, 6.07) is 3.32. The molecule has 2 atom stereocenters. The Labute approximate surface area is 92.0 Å². The molecule has 1 rings (SSSR count).